The summed E-state index contributed by atoms with van der Waals surface area (Å²) in [5, 5.41) is 4.98. The summed E-state index contributed by atoms with van der Waals surface area (Å²) in [4.78, 5) is 0. The molecule has 0 amide bonds. The fraction of sp³-hybridized carbons (Fsp3) is 0.123. The topological polar surface area (TPSA) is 4.93 Å². The number of fused-ring (bicyclic) bond motifs is 10. The van der Waals surface area contributed by atoms with Gasteiger partial charge in [0, 0.05) is 28.3 Å². The molecule has 0 radical (unpaired) electrons. The van der Waals surface area contributed by atoms with Crippen LogP contribution in [-0.4, -0.2) is 4.57 Å². The van der Waals surface area contributed by atoms with Crippen molar-refractivity contribution < 1.29 is 4.39 Å². The lowest BCUT2D eigenvalue weighted by Gasteiger charge is -2.29. The lowest BCUT2D eigenvalue weighted by molar-refractivity contribution is 0.621. The maximum atomic E-state index is 14.2. The van der Waals surface area contributed by atoms with Gasteiger partial charge in [-0.15, -0.1) is 0 Å². The molecule has 3 atom stereocenters. The predicted molar refractivity (Wildman–Crippen MR) is 242 cm³/mol. The molecule has 6 bridgehead atoms. The molecule has 5 aliphatic rings. The van der Waals surface area contributed by atoms with Crippen LogP contribution >= 0.6 is 0 Å². The fourth-order valence-electron chi connectivity index (χ4n) is 11.2. The molecule has 2 unspecified atom stereocenters. The highest BCUT2D eigenvalue weighted by Gasteiger charge is 2.44. The smallest absolute Gasteiger partial charge is 0.123 e. The molecule has 5 aliphatic carbocycles. The minimum Gasteiger partial charge on any atom is -0.309 e. The lowest BCUT2D eigenvalue weighted by Crippen LogP contribution is -2.11. The summed E-state index contributed by atoms with van der Waals surface area (Å²) in [6, 6.07) is 55.0. The minimum atomic E-state index is -0.223. The second kappa shape index (κ2) is 12.6. The van der Waals surface area contributed by atoms with Crippen LogP contribution in [0.3, 0.4) is 0 Å². The van der Waals surface area contributed by atoms with E-state index in [1.54, 1.807) is 12.1 Å². The zero-order chi connectivity index (χ0) is 38.8. The Morgan fingerprint density at radius 3 is 2.32 bits per heavy atom. The number of halogens is 1. The van der Waals surface area contributed by atoms with Gasteiger partial charge in [0.1, 0.15) is 5.82 Å². The van der Waals surface area contributed by atoms with Gasteiger partial charge in [-0.2, -0.15) is 0 Å². The van der Waals surface area contributed by atoms with Gasteiger partial charge in [0.05, 0.1) is 11.0 Å². The quantitative estimate of drug-likeness (QED) is 0.153. The molecule has 59 heavy (non-hydrogen) atoms. The maximum Gasteiger partial charge on any atom is 0.123 e. The molecule has 280 valence electrons. The summed E-state index contributed by atoms with van der Waals surface area (Å²) >= 11 is 0. The van der Waals surface area contributed by atoms with Crippen molar-refractivity contribution >= 4 is 49.3 Å². The van der Waals surface area contributed by atoms with E-state index in [-0.39, 0.29) is 11.7 Å². The van der Waals surface area contributed by atoms with Crippen molar-refractivity contribution in [2.75, 3.05) is 0 Å². The van der Waals surface area contributed by atoms with Crippen LogP contribution in [0.15, 0.2) is 193 Å². The van der Waals surface area contributed by atoms with Crippen LogP contribution in [0.1, 0.15) is 63.6 Å². The first kappa shape index (κ1) is 33.2. The number of hydrogen-bond acceptors (Lipinski definition) is 0. The molecule has 0 N–H and O–H groups in total. The Bertz CT molecular complexity index is 3290. The number of nitrogens with zero attached hydrogens (tertiary/aromatic N) is 1. The second-order valence-electron chi connectivity index (χ2n) is 17.2. The first-order valence-electron chi connectivity index (χ1n) is 21.2. The Morgan fingerprint density at radius 1 is 0.644 bits per heavy atom. The van der Waals surface area contributed by atoms with Gasteiger partial charge in [-0.05, 0) is 157 Å². The van der Waals surface area contributed by atoms with Gasteiger partial charge in [0.15, 0.2) is 0 Å². The van der Waals surface area contributed by atoms with Crippen molar-refractivity contribution in [2.45, 2.75) is 37.5 Å². The highest BCUT2D eigenvalue weighted by Crippen LogP contribution is 2.62. The number of hydrogen-bond donors (Lipinski definition) is 0. The zero-order valence-electron chi connectivity index (χ0n) is 32.6. The summed E-state index contributed by atoms with van der Waals surface area (Å²) in [5.74, 6) is 0.827. The lowest BCUT2D eigenvalue weighted by atomic mass is 9.74. The van der Waals surface area contributed by atoms with E-state index in [1.807, 2.05) is 12.1 Å². The van der Waals surface area contributed by atoms with E-state index in [0.717, 1.165) is 42.4 Å². The molecule has 1 nitrogen and oxygen atoms in total. The molecule has 0 aliphatic heterocycles. The number of rotatable bonds is 7. The highest BCUT2D eigenvalue weighted by atomic mass is 19.1. The Hall–Kier alpha value is -6.77. The first-order valence-corrected chi connectivity index (χ1v) is 21.2. The van der Waals surface area contributed by atoms with Gasteiger partial charge in [-0.3, -0.25) is 0 Å². The van der Waals surface area contributed by atoms with Crippen LogP contribution in [-0.2, 0) is 12.8 Å². The molecule has 0 spiro atoms. The Morgan fingerprint density at radius 2 is 1.42 bits per heavy atom. The molecule has 2 heteroatoms. The van der Waals surface area contributed by atoms with E-state index in [9.17, 15) is 4.39 Å². The van der Waals surface area contributed by atoms with E-state index < -0.39 is 0 Å². The Kier molecular flexibility index (Phi) is 7.10. The molecule has 1 aromatic heterocycles. The second-order valence-corrected chi connectivity index (χ2v) is 17.2. The van der Waals surface area contributed by atoms with Crippen LogP contribution in [0.2, 0.25) is 0 Å². The average molecular weight is 758 g/mol. The molecule has 0 fully saturated rings. The summed E-state index contributed by atoms with van der Waals surface area (Å²) in [7, 11) is 0. The van der Waals surface area contributed by atoms with Gasteiger partial charge in [0.25, 0.3) is 0 Å². The highest BCUT2D eigenvalue weighted by molar-refractivity contribution is 6.14. The molecule has 1 heterocycles. The van der Waals surface area contributed by atoms with Crippen LogP contribution in [0.25, 0.3) is 55.0 Å². The van der Waals surface area contributed by atoms with Gasteiger partial charge in [0.2, 0.25) is 0 Å². The summed E-state index contributed by atoms with van der Waals surface area (Å²) < 4.78 is 16.5. The summed E-state index contributed by atoms with van der Waals surface area (Å²) in [5.41, 5.74) is 21.9. The molecular formula is C57H40FN. The standard InChI is InChI=1S/C57H40FN/c58-41-22-24-42(25-23-41)59-53-15-6-5-10-44(53)45-27-21-39(33-54(45)59)38(29-35-17-19-36-8-1-2-9-37(36)28-35)20-16-34-18-26-43-46-13-7-14-49-52-32-40-31-50(40)56(57(52)51(43)30-34)48-12-4-3-11-47(48)55(46)49/h1-12,14-15,17-19,21-28,30-33,38,46,50H,13,16,20,29H2/t38-,46?,50?/m0/s1. The van der Waals surface area contributed by atoms with Crippen LogP contribution in [0.4, 0.5) is 4.39 Å². The first-order chi connectivity index (χ1) is 29.1. The molecule has 8 aromatic rings. The van der Waals surface area contributed by atoms with Gasteiger partial charge in [-0.25, -0.2) is 4.39 Å². The number of aromatic nitrogens is 1. The van der Waals surface area contributed by atoms with E-state index in [1.165, 1.54) is 93.9 Å². The van der Waals surface area contributed by atoms with Crippen LogP contribution in [0, 0.1) is 11.7 Å². The largest absolute Gasteiger partial charge is 0.309 e. The van der Waals surface area contributed by atoms with Crippen LogP contribution in [0.5, 0.6) is 0 Å². The predicted octanol–water partition coefficient (Wildman–Crippen LogP) is 14.3. The third-order valence-corrected chi connectivity index (χ3v) is 14.0. The molecular weight excluding hydrogens is 718 g/mol. The van der Waals surface area contributed by atoms with Crippen molar-refractivity contribution in [1.29, 1.82) is 0 Å². The Labute approximate surface area is 343 Å². The van der Waals surface area contributed by atoms with Crippen molar-refractivity contribution in [3.05, 3.63) is 237 Å². The van der Waals surface area contributed by atoms with Crippen molar-refractivity contribution in [2.24, 2.45) is 5.92 Å². The molecule has 13 rings (SSSR count). The van der Waals surface area contributed by atoms with Crippen molar-refractivity contribution in [3.63, 3.8) is 0 Å². The molecule has 0 saturated heterocycles. The number of aryl methyl sites for hydroxylation is 1. The van der Waals surface area contributed by atoms with Crippen molar-refractivity contribution in [3.8, 4) is 5.69 Å². The van der Waals surface area contributed by atoms with E-state index in [4.69, 9.17) is 0 Å². The maximum absolute atomic E-state index is 14.2. The number of allylic oxidation sites excluding steroid dienone is 10. The monoisotopic (exact) mass is 757 g/mol. The summed E-state index contributed by atoms with van der Waals surface area (Å²) in [6.45, 7) is 0. The van der Waals surface area contributed by atoms with E-state index >= 15 is 0 Å². The van der Waals surface area contributed by atoms with Crippen LogP contribution < -0.4 is 0 Å². The average Bonchev–Trinajstić information content (AvgIpc) is 4.01. The minimum absolute atomic E-state index is 0.223. The molecule has 7 aromatic carbocycles. The van der Waals surface area contributed by atoms with Gasteiger partial charge in [-0.1, -0.05) is 133 Å². The third kappa shape index (κ3) is 5.09. The van der Waals surface area contributed by atoms with E-state index in [0.29, 0.717) is 11.8 Å². The fourth-order valence-corrected chi connectivity index (χ4v) is 11.2. The zero-order valence-corrected chi connectivity index (χ0v) is 32.6. The normalized spacial score (nSPS) is 18.7. The van der Waals surface area contributed by atoms with Gasteiger partial charge >= 0.3 is 0 Å². The van der Waals surface area contributed by atoms with Crippen molar-refractivity contribution in [1.82, 2.24) is 4.57 Å². The number of benzene rings is 7. The summed E-state index contributed by atoms with van der Waals surface area (Å²) in [6.07, 6.45) is 13.8. The SMILES string of the molecule is Fc1ccc(-n2c3ccccc3c3ccc([C@@H](CCc4ccc5c(c4)C4=C6c7ccccc7C7=C(C=CCC75)C4=CC4=CC46)Cc4ccc5ccccc5c4)cc32)cc1. The Balaban J connectivity index is 0.929. The van der Waals surface area contributed by atoms with E-state index in [2.05, 4.69) is 156 Å². The van der Waals surface area contributed by atoms with Gasteiger partial charge < -0.3 is 4.57 Å². The number of para-hydroxylation sites is 1. The molecule has 0 saturated carbocycles. The third-order valence-electron chi connectivity index (χ3n) is 14.0.